The number of nitrogens with zero attached hydrogens (tertiary/aromatic N) is 2. The quantitative estimate of drug-likeness (QED) is 0.695. The van der Waals surface area contributed by atoms with Crippen molar-refractivity contribution in [3.63, 3.8) is 0 Å². The van der Waals surface area contributed by atoms with E-state index >= 15 is 0 Å². The molecule has 0 radical (unpaired) electrons. The lowest BCUT2D eigenvalue weighted by Crippen LogP contribution is -2.46. The molecule has 132 valence electrons. The van der Waals surface area contributed by atoms with Crippen LogP contribution in [0.1, 0.15) is 50.0 Å². The van der Waals surface area contributed by atoms with Crippen LogP contribution in [0.15, 0.2) is 47.8 Å². The largest absolute Gasteiger partial charge is 0.298 e. The standard InChI is InChI=1S/C22H28N2S/c1-18-8-6-9-19(2)24(18)14-13-22(17-23,21-12-7-15-25-21)16-20-10-4-3-5-11-20/h3-5,7,10-12,15,18-19H,6,8-9,13-14,16H2,1-2H3. The summed E-state index contributed by atoms with van der Waals surface area (Å²) in [6.45, 7) is 5.68. The highest BCUT2D eigenvalue weighted by molar-refractivity contribution is 7.10. The number of hydrogen-bond acceptors (Lipinski definition) is 3. The molecule has 1 saturated heterocycles. The minimum atomic E-state index is -0.424. The molecule has 3 unspecified atom stereocenters. The summed E-state index contributed by atoms with van der Waals surface area (Å²) < 4.78 is 0. The van der Waals surface area contributed by atoms with Crippen LogP contribution in [0.5, 0.6) is 0 Å². The Morgan fingerprint density at radius 3 is 2.44 bits per heavy atom. The molecular weight excluding hydrogens is 324 g/mol. The van der Waals surface area contributed by atoms with E-state index in [4.69, 9.17) is 0 Å². The number of likely N-dealkylation sites (tertiary alicyclic amines) is 1. The van der Waals surface area contributed by atoms with Crippen LogP contribution in [-0.2, 0) is 11.8 Å². The maximum atomic E-state index is 10.2. The molecule has 0 amide bonds. The van der Waals surface area contributed by atoms with E-state index in [0.29, 0.717) is 12.1 Å². The summed E-state index contributed by atoms with van der Waals surface area (Å²) in [7, 11) is 0. The molecule has 2 aromatic rings. The van der Waals surface area contributed by atoms with Crippen molar-refractivity contribution in [1.29, 1.82) is 5.26 Å². The number of nitriles is 1. The van der Waals surface area contributed by atoms with E-state index in [2.05, 4.69) is 66.6 Å². The van der Waals surface area contributed by atoms with Gasteiger partial charge in [0.05, 0.1) is 11.5 Å². The van der Waals surface area contributed by atoms with E-state index in [9.17, 15) is 5.26 Å². The lowest BCUT2D eigenvalue weighted by molar-refractivity contribution is 0.0962. The summed E-state index contributed by atoms with van der Waals surface area (Å²) in [5, 5.41) is 12.3. The van der Waals surface area contributed by atoms with Crippen LogP contribution < -0.4 is 0 Å². The van der Waals surface area contributed by atoms with Crippen molar-refractivity contribution >= 4 is 11.3 Å². The minimum Gasteiger partial charge on any atom is -0.298 e. The number of thiophene rings is 1. The zero-order valence-corrected chi connectivity index (χ0v) is 16.1. The summed E-state index contributed by atoms with van der Waals surface area (Å²) in [6, 6.07) is 18.7. The fraction of sp³-hybridized carbons (Fsp3) is 0.500. The van der Waals surface area contributed by atoms with Crippen molar-refractivity contribution in [1.82, 2.24) is 4.90 Å². The maximum Gasteiger partial charge on any atom is 0.0966 e. The van der Waals surface area contributed by atoms with Crippen molar-refractivity contribution in [3.8, 4) is 6.07 Å². The minimum absolute atomic E-state index is 0.424. The van der Waals surface area contributed by atoms with Gasteiger partial charge < -0.3 is 0 Å². The van der Waals surface area contributed by atoms with Gasteiger partial charge in [0, 0.05) is 23.5 Å². The van der Waals surface area contributed by atoms with Crippen LogP contribution in [0.4, 0.5) is 0 Å². The molecule has 1 aromatic heterocycles. The molecule has 1 aliphatic heterocycles. The Bertz CT molecular complexity index is 679. The first-order valence-electron chi connectivity index (χ1n) is 9.39. The molecule has 3 atom stereocenters. The summed E-state index contributed by atoms with van der Waals surface area (Å²) in [4.78, 5) is 3.82. The Balaban J connectivity index is 1.83. The first-order valence-corrected chi connectivity index (χ1v) is 10.3. The zero-order valence-electron chi connectivity index (χ0n) is 15.3. The predicted molar refractivity (Wildman–Crippen MR) is 106 cm³/mol. The molecule has 2 nitrogen and oxygen atoms in total. The zero-order chi connectivity index (χ0) is 17.7. The molecule has 2 heterocycles. The van der Waals surface area contributed by atoms with Crippen molar-refractivity contribution in [2.24, 2.45) is 0 Å². The summed E-state index contributed by atoms with van der Waals surface area (Å²) >= 11 is 1.72. The Morgan fingerprint density at radius 2 is 1.84 bits per heavy atom. The van der Waals surface area contributed by atoms with Crippen molar-refractivity contribution in [2.75, 3.05) is 6.54 Å². The van der Waals surface area contributed by atoms with Gasteiger partial charge in [-0.2, -0.15) is 5.26 Å². The van der Waals surface area contributed by atoms with Crippen molar-refractivity contribution < 1.29 is 0 Å². The normalized spacial score (nSPS) is 23.7. The van der Waals surface area contributed by atoms with Gasteiger partial charge in [0.25, 0.3) is 0 Å². The third kappa shape index (κ3) is 4.14. The monoisotopic (exact) mass is 352 g/mol. The van der Waals surface area contributed by atoms with Gasteiger partial charge in [-0.3, -0.25) is 4.90 Å². The van der Waals surface area contributed by atoms with Gasteiger partial charge in [-0.15, -0.1) is 11.3 Å². The third-order valence-corrected chi connectivity index (χ3v) is 6.80. The number of piperidine rings is 1. The van der Waals surface area contributed by atoms with E-state index in [1.807, 2.05) is 6.07 Å². The molecule has 0 bridgehead atoms. The summed E-state index contributed by atoms with van der Waals surface area (Å²) in [6.07, 6.45) is 5.58. The molecule has 0 saturated carbocycles. The molecule has 0 aliphatic carbocycles. The third-order valence-electron chi connectivity index (χ3n) is 5.73. The van der Waals surface area contributed by atoms with E-state index < -0.39 is 5.41 Å². The van der Waals surface area contributed by atoms with E-state index in [0.717, 1.165) is 19.4 Å². The van der Waals surface area contributed by atoms with Crippen LogP contribution in [0, 0.1) is 11.3 Å². The number of rotatable bonds is 6. The fourth-order valence-electron chi connectivity index (χ4n) is 4.18. The second kappa shape index (κ2) is 8.17. The second-order valence-corrected chi connectivity index (χ2v) is 8.40. The average molecular weight is 353 g/mol. The summed E-state index contributed by atoms with van der Waals surface area (Å²) in [5.41, 5.74) is 0.823. The Kier molecular flexibility index (Phi) is 5.93. The van der Waals surface area contributed by atoms with E-state index in [-0.39, 0.29) is 0 Å². The molecule has 0 N–H and O–H groups in total. The van der Waals surface area contributed by atoms with Gasteiger partial charge in [-0.05, 0) is 56.5 Å². The lowest BCUT2D eigenvalue weighted by Gasteiger charge is -2.40. The van der Waals surface area contributed by atoms with E-state index in [1.165, 1.54) is 29.7 Å². The Morgan fingerprint density at radius 1 is 1.12 bits per heavy atom. The van der Waals surface area contributed by atoms with Gasteiger partial charge in [-0.25, -0.2) is 0 Å². The lowest BCUT2D eigenvalue weighted by atomic mass is 9.78. The fourth-order valence-corrected chi connectivity index (χ4v) is 5.09. The van der Waals surface area contributed by atoms with Gasteiger partial charge >= 0.3 is 0 Å². The molecule has 1 aliphatic rings. The Labute approximate surface area is 156 Å². The van der Waals surface area contributed by atoms with Crippen molar-refractivity contribution in [2.45, 2.75) is 63.5 Å². The maximum absolute atomic E-state index is 10.2. The highest BCUT2D eigenvalue weighted by Gasteiger charge is 2.35. The predicted octanol–water partition coefficient (Wildman–Crippen LogP) is 5.41. The van der Waals surface area contributed by atoms with Gasteiger partial charge in [-0.1, -0.05) is 42.8 Å². The highest BCUT2D eigenvalue weighted by Crippen LogP contribution is 2.36. The molecule has 3 heteroatoms. The Hall–Kier alpha value is -1.63. The molecule has 0 spiro atoms. The first-order chi connectivity index (χ1) is 12.1. The number of benzene rings is 1. The van der Waals surface area contributed by atoms with Gasteiger partial charge in [0.2, 0.25) is 0 Å². The molecular formula is C22H28N2S. The van der Waals surface area contributed by atoms with Crippen LogP contribution in [0.2, 0.25) is 0 Å². The van der Waals surface area contributed by atoms with E-state index in [1.54, 1.807) is 11.3 Å². The highest BCUT2D eigenvalue weighted by atomic mass is 32.1. The second-order valence-electron chi connectivity index (χ2n) is 7.45. The average Bonchev–Trinajstić information content (AvgIpc) is 3.16. The van der Waals surface area contributed by atoms with Crippen LogP contribution in [-0.4, -0.2) is 23.5 Å². The van der Waals surface area contributed by atoms with Crippen molar-refractivity contribution in [3.05, 3.63) is 58.3 Å². The molecule has 1 aromatic carbocycles. The van der Waals surface area contributed by atoms with Gasteiger partial charge in [0.1, 0.15) is 0 Å². The topological polar surface area (TPSA) is 27.0 Å². The first kappa shape index (κ1) is 18.2. The van der Waals surface area contributed by atoms with Crippen LogP contribution >= 0.6 is 11.3 Å². The molecule has 25 heavy (non-hydrogen) atoms. The molecule has 3 rings (SSSR count). The van der Waals surface area contributed by atoms with Gasteiger partial charge in [0.15, 0.2) is 0 Å². The molecule has 1 fully saturated rings. The van der Waals surface area contributed by atoms with Crippen LogP contribution in [0.3, 0.4) is 0 Å². The smallest absolute Gasteiger partial charge is 0.0966 e. The summed E-state index contributed by atoms with van der Waals surface area (Å²) in [5.74, 6) is 0. The van der Waals surface area contributed by atoms with Crippen LogP contribution in [0.25, 0.3) is 0 Å². The SMILES string of the molecule is CC1CCCC(C)N1CCC(C#N)(Cc1ccccc1)c1cccs1. The number of hydrogen-bond donors (Lipinski definition) is 0.